The Balaban J connectivity index is 2.26. The minimum Gasteiger partial charge on any atom is -0.481 e. The van der Waals surface area contributed by atoms with Gasteiger partial charge < -0.3 is 5.11 Å². The molecule has 19 heavy (non-hydrogen) atoms. The van der Waals surface area contributed by atoms with Crippen molar-refractivity contribution < 1.29 is 14.3 Å². The van der Waals surface area contributed by atoms with E-state index in [0.29, 0.717) is 17.0 Å². The topological polar surface area (TPSA) is 37.3 Å². The van der Waals surface area contributed by atoms with Gasteiger partial charge in [-0.1, -0.05) is 35.9 Å². The molecule has 0 fully saturated rings. The number of carbonyl (C=O) groups is 1. The van der Waals surface area contributed by atoms with Gasteiger partial charge in [0.15, 0.2) is 0 Å². The van der Waals surface area contributed by atoms with E-state index in [1.54, 1.807) is 18.2 Å². The van der Waals surface area contributed by atoms with Crippen molar-refractivity contribution in [2.45, 2.75) is 12.3 Å². The summed E-state index contributed by atoms with van der Waals surface area (Å²) in [5.41, 5.74) is 1.41. The zero-order chi connectivity index (χ0) is 13.8. The summed E-state index contributed by atoms with van der Waals surface area (Å²) in [6.45, 7) is 0. The van der Waals surface area contributed by atoms with Crippen LogP contribution in [0.3, 0.4) is 0 Å². The highest BCUT2D eigenvalue weighted by Gasteiger charge is 2.20. The van der Waals surface area contributed by atoms with Gasteiger partial charge in [0, 0.05) is 5.02 Å². The van der Waals surface area contributed by atoms with Gasteiger partial charge in [0.2, 0.25) is 0 Å². The SMILES string of the molecule is O=C(O)C(Cc1cccc(Cl)c1)c1ccc(F)cc1. The van der Waals surface area contributed by atoms with E-state index in [9.17, 15) is 14.3 Å². The summed E-state index contributed by atoms with van der Waals surface area (Å²) in [6, 6.07) is 12.6. The number of rotatable bonds is 4. The molecule has 2 aromatic rings. The Morgan fingerprint density at radius 3 is 2.47 bits per heavy atom. The lowest BCUT2D eigenvalue weighted by molar-refractivity contribution is -0.138. The Kier molecular flexibility index (Phi) is 4.17. The Morgan fingerprint density at radius 1 is 1.21 bits per heavy atom. The molecule has 0 spiro atoms. The molecule has 0 amide bonds. The van der Waals surface area contributed by atoms with Gasteiger partial charge in [0.05, 0.1) is 5.92 Å². The third-order valence-electron chi connectivity index (χ3n) is 2.90. The molecule has 0 aliphatic heterocycles. The first kappa shape index (κ1) is 13.6. The molecule has 0 saturated carbocycles. The smallest absolute Gasteiger partial charge is 0.311 e. The van der Waals surface area contributed by atoms with Gasteiger partial charge in [0.25, 0.3) is 0 Å². The van der Waals surface area contributed by atoms with Crippen LogP contribution in [0.1, 0.15) is 17.0 Å². The number of carboxylic acids is 1. The third-order valence-corrected chi connectivity index (χ3v) is 3.13. The van der Waals surface area contributed by atoms with E-state index in [1.165, 1.54) is 24.3 Å². The van der Waals surface area contributed by atoms with Crippen LogP contribution >= 0.6 is 11.6 Å². The van der Waals surface area contributed by atoms with E-state index in [2.05, 4.69) is 0 Å². The highest BCUT2D eigenvalue weighted by atomic mass is 35.5. The predicted molar refractivity (Wildman–Crippen MR) is 71.9 cm³/mol. The fourth-order valence-electron chi connectivity index (χ4n) is 1.94. The van der Waals surface area contributed by atoms with Crippen LogP contribution < -0.4 is 0 Å². The van der Waals surface area contributed by atoms with Crippen molar-refractivity contribution in [3.63, 3.8) is 0 Å². The maximum Gasteiger partial charge on any atom is 0.311 e. The summed E-state index contributed by atoms with van der Waals surface area (Å²) in [6.07, 6.45) is 0.321. The molecule has 2 rings (SSSR count). The van der Waals surface area contributed by atoms with Crippen molar-refractivity contribution in [2.75, 3.05) is 0 Å². The Hall–Kier alpha value is -1.87. The quantitative estimate of drug-likeness (QED) is 0.921. The third kappa shape index (κ3) is 3.55. The van der Waals surface area contributed by atoms with Gasteiger partial charge in [-0.25, -0.2) is 4.39 Å². The lowest BCUT2D eigenvalue weighted by Gasteiger charge is -2.13. The minimum atomic E-state index is -0.938. The normalized spacial score (nSPS) is 12.1. The van der Waals surface area contributed by atoms with E-state index >= 15 is 0 Å². The predicted octanol–water partition coefficient (Wildman–Crippen LogP) is 3.89. The number of carboxylic acid groups (broad SMARTS) is 1. The van der Waals surface area contributed by atoms with Gasteiger partial charge in [-0.15, -0.1) is 0 Å². The zero-order valence-corrected chi connectivity index (χ0v) is 10.8. The van der Waals surface area contributed by atoms with Crippen molar-refractivity contribution in [1.82, 2.24) is 0 Å². The highest BCUT2D eigenvalue weighted by Crippen LogP contribution is 2.23. The molecular weight excluding hydrogens is 267 g/mol. The number of hydrogen-bond acceptors (Lipinski definition) is 1. The average Bonchev–Trinajstić information content (AvgIpc) is 2.37. The Labute approximate surface area is 115 Å². The largest absolute Gasteiger partial charge is 0.481 e. The molecule has 0 saturated heterocycles. The second kappa shape index (κ2) is 5.85. The molecule has 0 heterocycles. The van der Waals surface area contributed by atoms with E-state index in [1.807, 2.05) is 6.07 Å². The lowest BCUT2D eigenvalue weighted by atomic mass is 9.92. The van der Waals surface area contributed by atoms with Crippen LogP contribution in [0.2, 0.25) is 5.02 Å². The molecule has 2 nitrogen and oxygen atoms in total. The first-order valence-corrected chi connectivity index (χ1v) is 6.17. The Bertz CT molecular complexity index is 581. The van der Waals surface area contributed by atoms with Crippen LogP contribution in [0.15, 0.2) is 48.5 Å². The maximum absolute atomic E-state index is 12.9. The van der Waals surface area contributed by atoms with Gasteiger partial charge in [0.1, 0.15) is 5.82 Å². The molecule has 0 aliphatic rings. The van der Waals surface area contributed by atoms with Crippen molar-refractivity contribution in [3.8, 4) is 0 Å². The van der Waals surface area contributed by atoms with Crippen molar-refractivity contribution in [1.29, 1.82) is 0 Å². The monoisotopic (exact) mass is 278 g/mol. The van der Waals surface area contributed by atoms with Gasteiger partial charge >= 0.3 is 5.97 Å². The molecule has 1 unspecified atom stereocenters. The van der Waals surface area contributed by atoms with E-state index in [4.69, 9.17) is 11.6 Å². The van der Waals surface area contributed by atoms with Crippen molar-refractivity contribution in [3.05, 3.63) is 70.5 Å². The van der Waals surface area contributed by atoms with Gasteiger partial charge in [-0.2, -0.15) is 0 Å². The molecule has 98 valence electrons. The van der Waals surface area contributed by atoms with Gasteiger partial charge in [-0.05, 0) is 41.8 Å². The molecule has 0 radical (unpaired) electrons. The fourth-order valence-corrected chi connectivity index (χ4v) is 2.16. The fraction of sp³-hybridized carbons (Fsp3) is 0.133. The molecule has 4 heteroatoms. The van der Waals surface area contributed by atoms with E-state index in [0.717, 1.165) is 5.56 Å². The van der Waals surface area contributed by atoms with E-state index in [-0.39, 0.29) is 5.82 Å². The molecule has 0 aromatic heterocycles. The van der Waals surface area contributed by atoms with Crippen LogP contribution in [0.4, 0.5) is 4.39 Å². The van der Waals surface area contributed by atoms with E-state index < -0.39 is 11.9 Å². The molecule has 1 atom stereocenters. The standard InChI is InChI=1S/C15H12ClFO2/c16-12-3-1-2-10(8-12)9-14(15(18)19)11-4-6-13(17)7-5-11/h1-8,14H,9H2,(H,18,19). The summed E-state index contributed by atoms with van der Waals surface area (Å²) in [5, 5.41) is 9.87. The summed E-state index contributed by atoms with van der Waals surface area (Å²) in [7, 11) is 0. The number of benzene rings is 2. The molecule has 1 N–H and O–H groups in total. The summed E-state index contributed by atoms with van der Waals surface area (Å²) >= 11 is 5.88. The highest BCUT2D eigenvalue weighted by molar-refractivity contribution is 6.30. The summed E-state index contributed by atoms with van der Waals surface area (Å²) < 4.78 is 12.9. The van der Waals surface area contributed by atoms with Crippen LogP contribution in [-0.2, 0) is 11.2 Å². The number of hydrogen-bond donors (Lipinski definition) is 1. The van der Waals surface area contributed by atoms with Crippen molar-refractivity contribution in [2.24, 2.45) is 0 Å². The summed E-state index contributed by atoms with van der Waals surface area (Å²) in [5.74, 6) is -2.03. The lowest BCUT2D eigenvalue weighted by Crippen LogP contribution is -2.14. The second-order valence-corrected chi connectivity index (χ2v) is 4.71. The average molecular weight is 279 g/mol. The molecule has 2 aromatic carbocycles. The first-order chi connectivity index (χ1) is 9.06. The Morgan fingerprint density at radius 2 is 1.89 bits per heavy atom. The van der Waals surface area contributed by atoms with Gasteiger partial charge in [-0.3, -0.25) is 4.79 Å². The van der Waals surface area contributed by atoms with Crippen LogP contribution in [0, 0.1) is 5.82 Å². The zero-order valence-electron chi connectivity index (χ0n) is 10.0. The molecule has 0 aliphatic carbocycles. The first-order valence-electron chi connectivity index (χ1n) is 5.79. The second-order valence-electron chi connectivity index (χ2n) is 4.28. The minimum absolute atomic E-state index is 0.321. The number of halogens is 2. The molecule has 0 bridgehead atoms. The van der Waals surface area contributed by atoms with Crippen molar-refractivity contribution >= 4 is 17.6 Å². The number of aliphatic carboxylic acids is 1. The van der Waals surface area contributed by atoms with Crippen LogP contribution in [-0.4, -0.2) is 11.1 Å². The summed E-state index contributed by atoms with van der Waals surface area (Å²) in [4.78, 5) is 11.3. The molecular formula is C15H12ClFO2. The van der Waals surface area contributed by atoms with Crippen LogP contribution in [0.25, 0.3) is 0 Å². The maximum atomic E-state index is 12.9. The van der Waals surface area contributed by atoms with Crippen LogP contribution in [0.5, 0.6) is 0 Å².